The summed E-state index contributed by atoms with van der Waals surface area (Å²) in [6.45, 7) is 0.498. The van der Waals surface area contributed by atoms with Gasteiger partial charge in [0.25, 0.3) is 0 Å². The molecule has 0 spiro atoms. The normalized spacial score (nSPS) is 11.0. The second kappa shape index (κ2) is 7.40. The first-order valence-electron chi connectivity index (χ1n) is 8.49. The minimum absolute atomic E-state index is 0.0638. The van der Waals surface area contributed by atoms with Gasteiger partial charge in [0.1, 0.15) is 11.5 Å². The molecular formula is C21H15ClFN3O2. The third-order valence-corrected chi connectivity index (χ3v) is 4.73. The SMILES string of the molecule is COC(=O)c1ccc2c(-c3ccc(Cl)c(F)c3)cn(Cc3cccnc3)c2n1. The highest BCUT2D eigenvalue weighted by molar-refractivity contribution is 6.30. The zero-order valence-electron chi connectivity index (χ0n) is 14.9. The van der Waals surface area contributed by atoms with Crippen LogP contribution in [-0.2, 0) is 11.3 Å². The largest absolute Gasteiger partial charge is 0.464 e. The summed E-state index contributed by atoms with van der Waals surface area (Å²) >= 11 is 5.82. The quantitative estimate of drug-likeness (QED) is 0.469. The van der Waals surface area contributed by atoms with E-state index in [4.69, 9.17) is 16.3 Å². The molecule has 0 saturated carbocycles. The first kappa shape index (κ1) is 18.1. The minimum Gasteiger partial charge on any atom is -0.464 e. The maximum Gasteiger partial charge on any atom is 0.356 e. The number of rotatable bonds is 4. The highest BCUT2D eigenvalue weighted by Gasteiger charge is 2.16. The van der Waals surface area contributed by atoms with E-state index in [1.54, 1.807) is 30.6 Å². The molecule has 0 fully saturated rings. The Labute approximate surface area is 165 Å². The van der Waals surface area contributed by atoms with Crippen LogP contribution in [0.2, 0.25) is 5.02 Å². The van der Waals surface area contributed by atoms with E-state index in [2.05, 4.69) is 9.97 Å². The zero-order chi connectivity index (χ0) is 19.7. The molecule has 5 nitrogen and oxygen atoms in total. The van der Waals surface area contributed by atoms with Crippen LogP contribution in [0.25, 0.3) is 22.2 Å². The average Bonchev–Trinajstić information content (AvgIpc) is 3.08. The summed E-state index contributed by atoms with van der Waals surface area (Å²) in [6.07, 6.45) is 5.35. The first-order valence-corrected chi connectivity index (χ1v) is 8.87. The van der Waals surface area contributed by atoms with E-state index in [0.717, 1.165) is 16.5 Å². The van der Waals surface area contributed by atoms with Crippen molar-refractivity contribution in [3.8, 4) is 11.1 Å². The van der Waals surface area contributed by atoms with Crippen LogP contribution in [-0.4, -0.2) is 27.6 Å². The maximum atomic E-state index is 14.0. The molecule has 0 amide bonds. The third-order valence-electron chi connectivity index (χ3n) is 4.42. The van der Waals surface area contributed by atoms with E-state index in [0.29, 0.717) is 17.8 Å². The number of halogens is 2. The number of fused-ring (bicyclic) bond motifs is 1. The van der Waals surface area contributed by atoms with Gasteiger partial charge >= 0.3 is 5.97 Å². The number of esters is 1. The third kappa shape index (κ3) is 3.34. The van der Waals surface area contributed by atoms with Gasteiger partial charge in [0, 0.05) is 29.5 Å². The van der Waals surface area contributed by atoms with Gasteiger partial charge in [0.05, 0.1) is 18.7 Å². The van der Waals surface area contributed by atoms with Gasteiger partial charge in [0.15, 0.2) is 5.69 Å². The summed E-state index contributed by atoms with van der Waals surface area (Å²) in [4.78, 5) is 20.5. The lowest BCUT2D eigenvalue weighted by atomic mass is 10.1. The number of hydrogen-bond acceptors (Lipinski definition) is 4. The molecule has 0 N–H and O–H groups in total. The maximum absolute atomic E-state index is 14.0. The van der Waals surface area contributed by atoms with Crippen LogP contribution in [0.3, 0.4) is 0 Å². The van der Waals surface area contributed by atoms with Crippen molar-refractivity contribution < 1.29 is 13.9 Å². The molecule has 0 atom stereocenters. The first-order chi connectivity index (χ1) is 13.6. The van der Waals surface area contributed by atoms with E-state index in [9.17, 15) is 9.18 Å². The van der Waals surface area contributed by atoms with Crippen molar-refractivity contribution >= 4 is 28.6 Å². The lowest BCUT2D eigenvalue weighted by Gasteiger charge is -2.05. The Balaban J connectivity index is 1.90. The van der Waals surface area contributed by atoms with Gasteiger partial charge in [0.2, 0.25) is 0 Å². The Morgan fingerprint density at radius 2 is 2.11 bits per heavy atom. The average molecular weight is 396 g/mol. The molecule has 4 aromatic rings. The Hall–Kier alpha value is -3.25. The van der Waals surface area contributed by atoms with Crippen molar-refractivity contribution in [3.63, 3.8) is 0 Å². The standard InChI is InChI=1S/C21H15ClFN3O2/c1-28-21(27)19-7-5-15-16(14-4-6-17(22)18(23)9-14)12-26(20(15)25-19)11-13-3-2-8-24-10-13/h2-10,12H,11H2,1H3. The summed E-state index contributed by atoms with van der Waals surface area (Å²) in [5.74, 6) is -1.01. The van der Waals surface area contributed by atoms with E-state index in [1.807, 2.05) is 22.9 Å². The Bertz CT molecular complexity index is 1180. The monoisotopic (exact) mass is 395 g/mol. The second-order valence-corrected chi connectivity index (χ2v) is 6.63. The molecule has 0 saturated heterocycles. The van der Waals surface area contributed by atoms with Gasteiger partial charge in [-0.1, -0.05) is 23.7 Å². The predicted molar refractivity (Wildman–Crippen MR) is 105 cm³/mol. The van der Waals surface area contributed by atoms with Gasteiger partial charge in [-0.15, -0.1) is 0 Å². The molecule has 3 aromatic heterocycles. The molecule has 0 radical (unpaired) electrons. The molecule has 140 valence electrons. The van der Waals surface area contributed by atoms with E-state index >= 15 is 0 Å². The smallest absolute Gasteiger partial charge is 0.356 e. The Morgan fingerprint density at radius 1 is 1.25 bits per heavy atom. The number of ether oxygens (including phenoxy) is 1. The van der Waals surface area contributed by atoms with E-state index < -0.39 is 11.8 Å². The lowest BCUT2D eigenvalue weighted by Crippen LogP contribution is -2.06. The molecule has 0 unspecified atom stereocenters. The van der Waals surface area contributed by atoms with E-state index in [-0.39, 0.29) is 10.7 Å². The molecule has 1 aromatic carbocycles. The predicted octanol–water partition coefficient (Wildman–Crippen LogP) is 4.73. The molecule has 7 heteroatoms. The van der Waals surface area contributed by atoms with Crippen LogP contribution in [0.4, 0.5) is 4.39 Å². The molecule has 0 aliphatic carbocycles. The number of aromatic nitrogens is 3. The molecular weight excluding hydrogens is 381 g/mol. The number of methoxy groups -OCH3 is 1. The van der Waals surface area contributed by atoms with Gasteiger partial charge < -0.3 is 9.30 Å². The van der Waals surface area contributed by atoms with Crippen LogP contribution in [0.15, 0.2) is 61.1 Å². The van der Waals surface area contributed by atoms with E-state index in [1.165, 1.54) is 19.2 Å². The van der Waals surface area contributed by atoms with Gasteiger partial charge in [-0.25, -0.2) is 14.2 Å². The zero-order valence-corrected chi connectivity index (χ0v) is 15.7. The molecule has 3 heterocycles. The summed E-state index contributed by atoms with van der Waals surface area (Å²) in [5.41, 5.74) is 3.23. The van der Waals surface area contributed by atoms with Crippen LogP contribution in [0, 0.1) is 5.82 Å². The molecule has 4 rings (SSSR count). The summed E-state index contributed by atoms with van der Waals surface area (Å²) in [6, 6.07) is 11.8. The second-order valence-electron chi connectivity index (χ2n) is 6.22. The Kier molecular flexibility index (Phi) is 4.79. The van der Waals surface area contributed by atoms with Crippen LogP contribution in [0.1, 0.15) is 16.1 Å². The van der Waals surface area contributed by atoms with Crippen LogP contribution >= 0.6 is 11.6 Å². The van der Waals surface area contributed by atoms with Crippen molar-refractivity contribution in [3.05, 3.63) is 83.2 Å². The lowest BCUT2D eigenvalue weighted by molar-refractivity contribution is 0.0594. The molecule has 0 aliphatic heterocycles. The van der Waals surface area contributed by atoms with Crippen molar-refractivity contribution in [2.75, 3.05) is 7.11 Å². The summed E-state index contributed by atoms with van der Waals surface area (Å²) in [7, 11) is 1.31. The minimum atomic E-state index is -0.518. The van der Waals surface area contributed by atoms with Crippen molar-refractivity contribution in [2.45, 2.75) is 6.54 Å². The summed E-state index contributed by atoms with van der Waals surface area (Å²) in [5, 5.41) is 0.854. The van der Waals surface area contributed by atoms with Crippen molar-refractivity contribution in [1.29, 1.82) is 0 Å². The number of carbonyl (C=O) groups is 1. The number of pyridine rings is 2. The highest BCUT2D eigenvalue weighted by Crippen LogP contribution is 2.32. The summed E-state index contributed by atoms with van der Waals surface area (Å²) < 4.78 is 20.7. The van der Waals surface area contributed by atoms with Crippen LogP contribution in [0.5, 0.6) is 0 Å². The fraction of sp³-hybridized carbons (Fsp3) is 0.0952. The number of carbonyl (C=O) groups excluding carboxylic acids is 1. The fourth-order valence-electron chi connectivity index (χ4n) is 3.08. The number of nitrogens with zero attached hydrogens (tertiary/aromatic N) is 3. The fourth-order valence-corrected chi connectivity index (χ4v) is 3.20. The Morgan fingerprint density at radius 3 is 2.82 bits per heavy atom. The molecule has 28 heavy (non-hydrogen) atoms. The van der Waals surface area contributed by atoms with Crippen LogP contribution < -0.4 is 0 Å². The molecule has 0 aliphatic rings. The van der Waals surface area contributed by atoms with Crippen molar-refractivity contribution in [1.82, 2.24) is 14.5 Å². The number of benzene rings is 1. The van der Waals surface area contributed by atoms with Gasteiger partial charge in [-0.2, -0.15) is 0 Å². The van der Waals surface area contributed by atoms with Crippen molar-refractivity contribution in [2.24, 2.45) is 0 Å². The highest BCUT2D eigenvalue weighted by atomic mass is 35.5. The molecule has 0 bridgehead atoms. The topological polar surface area (TPSA) is 57.0 Å². The van der Waals surface area contributed by atoms with Gasteiger partial charge in [-0.3, -0.25) is 4.98 Å². The van der Waals surface area contributed by atoms with Gasteiger partial charge in [-0.05, 0) is 41.5 Å². The number of hydrogen-bond donors (Lipinski definition) is 0.